The summed E-state index contributed by atoms with van der Waals surface area (Å²) >= 11 is 0. The first kappa shape index (κ1) is 12.0. The maximum Gasteiger partial charge on any atom is 0.227 e. The summed E-state index contributed by atoms with van der Waals surface area (Å²) < 4.78 is 5.86. The normalized spacial score (nSPS) is 14.4. The Hall–Kier alpha value is -2.10. The Bertz CT molecular complexity index is 621. The zero-order valence-electron chi connectivity index (χ0n) is 11.2. The summed E-state index contributed by atoms with van der Waals surface area (Å²) in [4.78, 5) is 8.85. The summed E-state index contributed by atoms with van der Waals surface area (Å²) in [6, 6.07) is 7.89. The van der Waals surface area contributed by atoms with Crippen LogP contribution in [0.25, 0.3) is 0 Å². The minimum absolute atomic E-state index is 0.461. The predicted molar refractivity (Wildman–Crippen MR) is 74.4 cm³/mol. The molecule has 0 bridgehead atoms. The minimum Gasteiger partial charge on any atom is -0.439 e. The molecule has 1 fully saturated rings. The SMILES string of the molecule is Cc1cccc(Oc2nc(C3CC3)nc(N)c2C)c1. The molecule has 2 aromatic rings. The van der Waals surface area contributed by atoms with Crippen molar-refractivity contribution in [2.24, 2.45) is 0 Å². The van der Waals surface area contributed by atoms with Gasteiger partial charge in [-0.05, 0) is 44.4 Å². The monoisotopic (exact) mass is 255 g/mol. The van der Waals surface area contributed by atoms with Crippen molar-refractivity contribution in [2.45, 2.75) is 32.6 Å². The summed E-state index contributed by atoms with van der Waals surface area (Å²) in [5.74, 6) is 3.14. The molecule has 0 amide bonds. The van der Waals surface area contributed by atoms with Crippen LogP contribution in [0.15, 0.2) is 24.3 Å². The van der Waals surface area contributed by atoms with Gasteiger partial charge in [0.05, 0.1) is 5.56 Å². The third-order valence-corrected chi connectivity index (χ3v) is 3.30. The van der Waals surface area contributed by atoms with Gasteiger partial charge in [0.15, 0.2) is 0 Å². The number of rotatable bonds is 3. The number of benzene rings is 1. The summed E-state index contributed by atoms with van der Waals surface area (Å²) in [6.45, 7) is 3.92. The van der Waals surface area contributed by atoms with Crippen molar-refractivity contribution in [2.75, 3.05) is 5.73 Å². The molecule has 0 saturated heterocycles. The summed E-state index contributed by atoms with van der Waals surface area (Å²) in [6.07, 6.45) is 2.29. The van der Waals surface area contributed by atoms with Gasteiger partial charge in [-0.3, -0.25) is 0 Å². The van der Waals surface area contributed by atoms with Crippen molar-refractivity contribution in [3.8, 4) is 11.6 Å². The highest BCUT2D eigenvalue weighted by Gasteiger charge is 2.28. The van der Waals surface area contributed by atoms with E-state index in [1.165, 1.54) is 0 Å². The van der Waals surface area contributed by atoms with E-state index in [1.54, 1.807) is 0 Å². The molecule has 4 nitrogen and oxygen atoms in total. The lowest BCUT2D eigenvalue weighted by atomic mass is 10.2. The molecule has 1 aliphatic rings. The number of nitrogens with zero attached hydrogens (tertiary/aromatic N) is 2. The number of aromatic nitrogens is 2. The number of aryl methyl sites for hydroxylation is 1. The Balaban J connectivity index is 1.95. The number of hydrogen-bond acceptors (Lipinski definition) is 4. The average molecular weight is 255 g/mol. The average Bonchev–Trinajstić information content (AvgIpc) is 3.19. The van der Waals surface area contributed by atoms with Gasteiger partial charge in [0.2, 0.25) is 5.88 Å². The van der Waals surface area contributed by atoms with E-state index >= 15 is 0 Å². The van der Waals surface area contributed by atoms with Crippen LogP contribution < -0.4 is 10.5 Å². The first-order valence-corrected chi connectivity index (χ1v) is 6.52. The molecule has 0 unspecified atom stereocenters. The van der Waals surface area contributed by atoms with E-state index < -0.39 is 0 Å². The Kier molecular flexibility index (Phi) is 2.85. The molecule has 0 spiro atoms. The van der Waals surface area contributed by atoms with Crippen LogP contribution in [0.1, 0.15) is 35.7 Å². The van der Waals surface area contributed by atoms with Crippen molar-refractivity contribution in [1.29, 1.82) is 0 Å². The molecule has 3 rings (SSSR count). The largest absolute Gasteiger partial charge is 0.439 e. The Labute approximate surface area is 112 Å². The maximum absolute atomic E-state index is 5.94. The van der Waals surface area contributed by atoms with Crippen LogP contribution in [0.4, 0.5) is 5.82 Å². The van der Waals surface area contributed by atoms with Crippen LogP contribution >= 0.6 is 0 Å². The highest BCUT2D eigenvalue weighted by Crippen LogP contribution is 2.40. The Morgan fingerprint density at radius 1 is 1.21 bits per heavy atom. The van der Waals surface area contributed by atoms with Crippen molar-refractivity contribution in [1.82, 2.24) is 9.97 Å². The highest BCUT2D eigenvalue weighted by atomic mass is 16.5. The topological polar surface area (TPSA) is 61.0 Å². The second kappa shape index (κ2) is 4.53. The summed E-state index contributed by atoms with van der Waals surface area (Å²) in [5, 5.41) is 0. The van der Waals surface area contributed by atoms with Crippen molar-refractivity contribution in [3.63, 3.8) is 0 Å². The number of nitrogens with two attached hydrogens (primary N) is 1. The number of hydrogen-bond donors (Lipinski definition) is 1. The van der Waals surface area contributed by atoms with Gasteiger partial charge in [0, 0.05) is 5.92 Å². The van der Waals surface area contributed by atoms with Gasteiger partial charge >= 0.3 is 0 Å². The van der Waals surface area contributed by atoms with E-state index in [4.69, 9.17) is 10.5 Å². The van der Waals surface area contributed by atoms with Crippen LogP contribution in [0.3, 0.4) is 0 Å². The lowest BCUT2D eigenvalue weighted by Crippen LogP contribution is -2.04. The van der Waals surface area contributed by atoms with E-state index in [0.29, 0.717) is 17.6 Å². The molecule has 0 aliphatic heterocycles. The van der Waals surface area contributed by atoms with Gasteiger partial charge in [-0.15, -0.1) is 0 Å². The smallest absolute Gasteiger partial charge is 0.227 e. The van der Waals surface area contributed by atoms with Crippen molar-refractivity contribution in [3.05, 3.63) is 41.2 Å². The predicted octanol–water partition coefficient (Wildman–Crippen LogP) is 3.35. The fourth-order valence-corrected chi connectivity index (χ4v) is 1.94. The third-order valence-electron chi connectivity index (χ3n) is 3.30. The van der Waals surface area contributed by atoms with Crippen LogP contribution in [-0.2, 0) is 0 Å². The second-order valence-electron chi connectivity index (χ2n) is 5.09. The molecule has 2 N–H and O–H groups in total. The quantitative estimate of drug-likeness (QED) is 0.913. The molecule has 1 heterocycles. The molecule has 4 heteroatoms. The van der Waals surface area contributed by atoms with Gasteiger partial charge in [-0.25, -0.2) is 4.98 Å². The van der Waals surface area contributed by atoms with Crippen molar-refractivity contribution >= 4 is 5.82 Å². The number of anilines is 1. The van der Waals surface area contributed by atoms with E-state index in [-0.39, 0.29) is 0 Å². The highest BCUT2D eigenvalue weighted by molar-refractivity contribution is 5.46. The molecule has 1 aromatic carbocycles. The van der Waals surface area contributed by atoms with Crippen LogP contribution in [0.5, 0.6) is 11.6 Å². The Morgan fingerprint density at radius 3 is 2.68 bits per heavy atom. The van der Waals surface area contributed by atoms with Crippen LogP contribution in [0.2, 0.25) is 0 Å². The third kappa shape index (κ3) is 2.52. The van der Waals surface area contributed by atoms with Crippen LogP contribution in [-0.4, -0.2) is 9.97 Å². The van der Waals surface area contributed by atoms with Gasteiger partial charge in [0.25, 0.3) is 0 Å². The molecule has 19 heavy (non-hydrogen) atoms. The second-order valence-corrected chi connectivity index (χ2v) is 5.09. The number of ether oxygens (including phenoxy) is 1. The molecular formula is C15H17N3O. The fraction of sp³-hybridized carbons (Fsp3) is 0.333. The number of nitrogen functional groups attached to an aromatic ring is 1. The molecule has 1 saturated carbocycles. The van der Waals surface area contributed by atoms with E-state index in [1.807, 2.05) is 38.1 Å². The molecule has 1 aromatic heterocycles. The van der Waals surface area contributed by atoms with Gasteiger partial charge in [0.1, 0.15) is 17.4 Å². The molecule has 0 atom stereocenters. The zero-order valence-corrected chi connectivity index (χ0v) is 11.2. The van der Waals surface area contributed by atoms with E-state index in [0.717, 1.165) is 35.5 Å². The van der Waals surface area contributed by atoms with Gasteiger partial charge in [-0.1, -0.05) is 12.1 Å². The summed E-state index contributed by atoms with van der Waals surface area (Å²) in [5.41, 5.74) is 7.89. The molecular weight excluding hydrogens is 238 g/mol. The minimum atomic E-state index is 0.461. The van der Waals surface area contributed by atoms with Crippen molar-refractivity contribution < 1.29 is 4.74 Å². The van der Waals surface area contributed by atoms with Crippen LogP contribution in [0, 0.1) is 13.8 Å². The van der Waals surface area contributed by atoms with E-state index in [2.05, 4.69) is 9.97 Å². The Morgan fingerprint density at radius 2 is 2.00 bits per heavy atom. The first-order chi connectivity index (χ1) is 9.13. The van der Waals surface area contributed by atoms with Gasteiger partial charge in [-0.2, -0.15) is 4.98 Å². The lowest BCUT2D eigenvalue weighted by molar-refractivity contribution is 0.454. The first-order valence-electron chi connectivity index (χ1n) is 6.52. The lowest BCUT2D eigenvalue weighted by Gasteiger charge is -2.11. The zero-order chi connectivity index (χ0) is 13.4. The van der Waals surface area contributed by atoms with Gasteiger partial charge < -0.3 is 10.5 Å². The maximum atomic E-state index is 5.94. The fourth-order valence-electron chi connectivity index (χ4n) is 1.94. The van der Waals surface area contributed by atoms with E-state index in [9.17, 15) is 0 Å². The molecule has 98 valence electrons. The molecule has 0 radical (unpaired) electrons. The standard InChI is InChI=1S/C15H17N3O/c1-9-4-3-5-12(8-9)19-15-10(2)13(16)17-14(18-15)11-6-7-11/h3-5,8,11H,6-7H2,1-2H3,(H2,16,17,18). The molecule has 1 aliphatic carbocycles. The summed E-state index contributed by atoms with van der Waals surface area (Å²) in [7, 11) is 0.